The fourth-order valence-corrected chi connectivity index (χ4v) is 3.61. The molecular weight excluding hydrogens is 397 g/mol. The van der Waals surface area contributed by atoms with Gasteiger partial charge in [-0.25, -0.2) is 4.98 Å². The van der Waals surface area contributed by atoms with Crippen LogP contribution in [0.2, 0.25) is 0 Å². The molecule has 2 aromatic heterocycles. The molecule has 2 heterocycles. The van der Waals surface area contributed by atoms with E-state index in [2.05, 4.69) is 20.5 Å². The van der Waals surface area contributed by atoms with Crippen molar-refractivity contribution in [1.82, 2.24) is 20.5 Å². The molecule has 0 unspecified atom stereocenters. The van der Waals surface area contributed by atoms with E-state index in [1.807, 2.05) is 30.3 Å². The second-order valence-corrected chi connectivity index (χ2v) is 7.40. The Morgan fingerprint density at radius 1 is 1.11 bits per heavy atom. The second kappa shape index (κ2) is 8.49. The van der Waals surface area contributed by atoms with E-state index in [1.165, 1.54) is 17.8 Å². The Morgan fingerprint density at radius 3 is 2.56 bits per heavy atom. The largest absolute Gasteiger partial charge is 0.417 e. The molecule has 0 spiro atoms. The lowest BCUT2D eigenvalue weighted by Crippen LogP contribution is -2.22. The molecule has 1 amide bonds. The number of halogens is 3. The molecule has 0 atom stereocenters. The predicted octanol–water partition coefficient (Wildman–Crippen LogP) is 4.17. The van der Waals surface area contributed by atoms with Crippen molar-refractivity contribution in [2.75, 3.05) is 0 Å². The van der Waals surface area contributed by atoms with Gasteiger partial charge in [0.05, 0.1) is 16.3 Å². The second-order valence-electron chi connectivity index (χ2n) is 5.34. The number of rotatable bonds is 6. The van der Waals surface area contributed by atoms with E-state index < -0.39 is 11.7 Å². The fraction of sp³-hybridized carbons (Fsp3) is 0.176. The van der Waals surface area contributed by atoms with Crippen LogP contribution in [0.5, 0.6) is 0 Å². The van der Waals surface area contributed by atoms with Crippen LogP contribution in [0.25, 0.3) is 0 Å². The lowest BCUT2D eigenvalue weighted by Gasteiger charge is -2.06. The highest BCUT2D eigenvalue weighted by molar-refractivity contribution is 7.98. The number of benzene rings is 1. The van der Waals surface area contributed by atoms with Gasteiger partial charge in [-0.2, -0.15) is 13.2 Å². The summed E-state index contributed by atoms with van der Waals surface area (Å²) in [6.45, 7) is 0.388. The van der Waals surface area contributed by atoms with E-state index >= 15 is 0 Å². The molecule has 27 heavy (non-hydrogen) atoms. The topological polar surface area (TPSA) is 67.8 Å². The maximum atomic E-state index is 12.5. The van der Waals surface area contributed by atoms with Crippen molar-refractivity contribution in [3.8, 4) is 0 Å². The molecular formula is C17H13F3N4OS2. The maximum absolute atomic E-state index is 12.5. The van der Waals surface area contributed by atoms with Crippen molar-refractivity contribution >= 4 is 29.0 Å². The summed E-state index contributed by atoms with van der Waals surface area (Å²) in [5, 5.41) is 11.8. The number of thioether (sulfide) groups is 1. The first kappa shape index (κ1) is 19.3. The van der Waals surface area contributed by atoms with E-state index in [0.29, 0.717) is 22.3 Å². The van der Waals surface area contributed by atoms with Gasteiger partial charge in [0.15, 0.2) is 0 Å². The number of hydrogen-bond donors (Lipinski definition) is 1. The van der Waals surface area contributed by atoms with Gasteiger partial charge in [-0.1, -0.05) is 53.4 Å². The van der Waals surface area contributed by atoms with Crippen LogP contribution in [0, 0.1) is 0 Å². The Kier molecular flexibility index (Phi) is 6.07. The minimum absolute atomic E-state index is 0.238. The molecule has 0 saturated heterocycles. The number of nitrogens with zero attached hydrogens (tertiary/aromatic N) is 3. The first-order chi connectivity index (χ1) is 12.9. The Labute approximate surface area is 161 Å². The lowest BCUT2D eigenvalue weighted by atomic mass is 10.2. The number of carbonyl (C=O) groups is 1. The van der Waals surface area contributed by atoms with E-state index in [9.17, 15) is 18.0 Å². The molecule has 0 aliphatic rings. The van der Waals surface area contributed by atoms with Gasteiger partial charge in [0.1, 0.15) is 5.01 Å². The summed E-state index contributed by atoms with van der Waals surface area (Å²) in [5.41, 5.74) is 0.180. The fourth-order valence-electron chi connectivity index (χ4n) is 2.03. The van der Waals surface area contributed by atoms with Gasteiger partial charge >= 0.3 is 6.18 Å². The summed E-state index contributed by atoms with van der Waals surface area (Å²) in [6.07, 6.45) is -3.61. The first-order valence-electron chi connectivity index (χ1n) is 7.72. The summed E-state index contributed by atoms with van der Waals surface area (Å²) in [7, 11) is 0. The molecule has 10 heteroatoms. The number of alkyl halides is 3. The monoisotopic (exact) mass is 410 g/mol. The van der Waals surface area contributed by atoms with E-state index in [-0.39, 0.29) is 10.9 Å². The minimum atomic E-state index is -4.41. The average molecular weight is 410 g/mol. The molecule has 3 aromatic rings. The van der Waals surface area contributed by atoms with Gasteiger partial charge in [-0.05, 0) is 17.7 Å². The van der Waals surface area contributed by atoms with Crippen LogP contribution in [0.3, 0.4) is 0 Å². The molecule has 0 fully saturated rings. The van der Waals surface area contributed by atoms with Crippen LogP contribution in [0.4, 0.5) is 13.2 Å². The molecule has 140 valence electrons. The minimum Gasteiger partial charge on any atom is -0.346 e. The molecule has 0 bridgehead atoms. The zero-order valence-electron chi connectivity index (χ0n) is 13.7. The molecule has 3 rings (SSSR count). The molecule has 0 radical (unpaired) electrons. The van der Waals surface area contributed by atoms with Crippen LogP contribution in [-0.4, -0.2) is 21.1 Å². The third-order valence-electron chi connectivity index (χ3n) is 3.36. The van der Waals surface area contributed by atoms with Crippen molar-refractivity contribution in [2.24, 2.45) is 0 Å². The predicted molar refractivity (Wildman–Crippen MR) is 96.3 cm³/mol. The quantitative estimate of drug-likeness (QED) is 0.618. The van der Waals surface area contributed by atoms with E-state index in [4.69, 9.17) is 0 Å². The van der Waals surface area contributed by atoms with Crippen LogP contribution < -0.4 is 5.32 Å². The first-order valence-corrected chi connectivity index (χ1v) is 9.52. The Bertz CT molecular complexity index is 899. The molecule has 0 aliphatic carbocycles. The lowest BCUT2D eigenvalue weighted by molar-refractivity contribution is -0.137. The van der Waals surface area contributed by atoms with E-state index in [0.717, 1.165) is 29.2 Å². The Balaban J connectivity index is 1.52. The SMILES string of the molecule is O=C(NCc1ccccc1)c1nnc(CSc2ccc(C(F)(F)F)cn2)s1. The average Bonchev–Trinajstić information content (AvgIpc) is 3.14. The Morgan fingerprint density at radius 2 is 1.89 bits per heavy atom. The van der Waals surface area contributed by atoms with Crippen LogP contribution >= 0.6 is 23.1 Å². The van der Waals surface area contributed by atoms with Crippen molar-refractivity contribution in [3.05, 3.63) is 69.8 Å². The smallest absolute Gasteiger partial charge is 0.346 e. The van der Waals surface area contributed by atoms with Gasteiger partial charge in [-0.3, -0.25) is 4.79 Å². The van der Waals surface area contributed by atoms with Gasteiger partial charge < -0.3 is 5.32 Å². The van der Waals surface area contributed by atoms with Crippen molar-refractivity contribution < 1.29 is 18.0 Å². The maximum Gasteiger partial charge on any atom is 0.417 e. The van der Waals surface area contributed by atoms with Gasteiger partial charge in [0.25, 0.3) is 5.91 Å². The third kappa shape index (κ3) is 5.51. The molecule has 0 saturated carbocycles. The number of carbonyl (C=O) groups excluding carboxylic acids is 1. The zero-order valence-corrected chi connectivity index (χ0v) is 15.4. The summed E-state index contributed by atoms with van der Waals surface area (Å²) in [6, 6.07) is 11.8. The van der Waals surface area contributed by atoms with Crippen LogP contribution in [0.1, 0.15) is 25.9 Å². The Hall–Kier alpha value is -2.46. The standard InChI is InChI=1S/C17H13F3N4OS2/c18-17(19,20)12-6-7-13(21-9-12)26-10-14-23-24-16(27-14)15(25)22-8-11-4-2-1-3-5-11/h1-7,9H,8,10H2,(H,22,25). The van der Waals surface area contributed by atoms with Gasteiger partial charge in [-0.15, -0.1) is 10.2 Å². The third-order valence-corrected chi connectivity index (χ3v) is 5.42. The number of hydrogen-bond acceptors (Lipinski definition) is 6. The summed E-state index contributed by atoms with van der Waals surface area (Å²) < 4.78 is 37.6. The highest BCUT2D eigenvalue weighted by atomic mass is 32.2. The number of amides is 1. The van der Waals surface area contributed by atoms with Gasteiger partial charge in [0, 0.05) is 12.7 Å². The molecule has 5 nitrogen and oxygen atoms in total. The molecule has 0 aliphatic heterocycles. The van der Waals surface area contributed by atoms with Crippen LogP contribution in [0.15, 0.2) is 53.7 Å². The normalized spacial score (nSPS) is 11.4. The number of nitrogens with one attached hydrogen (secondary N) is 1. The van der Waals surface area contributed by atoms with Gasteiger partial charge in [0.2, 0.25) is 5.01 Å². The van der Waals surface area contributed by atoms with E-state index in [1.54, 1.807) is 0 Å². The van der Waals surface area contributed by atoms with Crippen molar-refractivity contribution in [1.29, 1.82) is 0 Å². The summed E-state index contributed by atoms with van der Waals surface area (Å²) in [4.78, 5) is 15.9. The molecule has 1 N–H and O–H groups in total. The summed E-state index contributed by atoms with van der Waals surface area (Å²) >= 11 is 2.37. The number of aromatic nitrogens is 3. The highest BCUT2D eigenvalue weighted by Crippen LogP contribution is 2.30. The van der Waals surface area contributed by atoms with Crippen molar-refractivity contribution in [2.45, 2.75) is 23.5 Å². The zero-order chi connectivity index (χ0) is 19.3. The number of pyridine rings is 1. The van der Waals surface area contributed by atoms with Crippen molar-refractivity contribution in [3.63, 3.8) is 0 Å². The highest BCUT2D eigenvalue weighted by Gasteiger charge is 2.30. The summed E-state index contributed by atoms with van der Waals surface area (Å²) in [5.74, 6) is 0.0439. The molecule has 1 aromatic carbocycles. The van der Waals surface area contributed by atoms with Crippen LogP contribution in [-0.2, 0) is 18.5 Å².